The quantitative estimate of drug-likeness (QED) is 0.473. The summed E-state index contributed by atoms with van der Waals surface area (Å²) < 4.78 is 44.9. The number of phenolic OH excluding ortho intramolecular Hbond substituents is 1. The average molecular weight is 521 g/mol. The predicted molar refractivity (Wildman–Crippen MR) is 130 cm³/mol. The number of benzene rings is 2. The molecule has 2 aromatic carbocycles. The van der Waals surface area contributed by atoms with E-state index >= 15 is 0 Å². The van der Waals surface area contributed by atoms with E-state index in [4.69, 9.17) is 4.74 Å². The van der Waals surface area contributed by atoms with Gasteiger partial charge in [-0.05, 0) is 42.3 Å². The fourth-order valence-corrected chi connectivity index (χ4v) is 4.76. The minimum atomic E-state index is -4.45. The van der Waals surface area contributed by atoms with Crippen molar-refractivity contribution >= 4 is 11.9 Å². The fraction of sp³-hybridized carbons (Fsp3) is 0.462. The van der Waals surface area contributed by atoms with Crippen LogP contribution in [-0.2, 0) is 17.5 Å². The number of nitrogens with zero attached hydrogens (tertiary/aromatic N) is 2. The number of rotatable bonds is 9. The lowest BCUT2D eigenvalue weighted by Crippen LogP contribution is -2.48. The van der Waals surface area contributed by atoms with Crippen molar-refractivity contribution < 1.29 is 32.6 Å². The first-order chi connectivity index (χ1) is 17.7. The van der Waals surface area contributed by atoms with E-state index in [0.29, 0.717) is 52.2 Å². The van der Waals surface area contributed by atoms with E-state index < -0.39 is 11.7 Å². The van der Waals surface area contributed by atoms with Gasteiger partial charge in [-0.25, -0.2) is 4.79 Å². The van der Waals surface area contributed by atoms with Gasteiger partial charge in [0.1, 0.15) is 11.5 Å². The van der Waals surface area contributed by atoms with E-state index in [0.717, 1.165) is 17.7 Å². The second kappa shape index (κ2) is 11.7. The van der Waals surface area contributed by atoms with Crippen LogP contribution in [0, 0.1) is 11.8 Å². The van der Waals surface area contributed by atoms with E-state index in [1.807, 2.05) is 12.1 Å². The van der Waals surface area contributed by atoms with Crippen molar-refractivity contribution in [1.29, 1.82) is 0 Å². The number of piperidine rings is 1. The standard InChI is InChI=1S/C26H31F3N4O4/c27-26(28,29)21-2-1-3-23(13-21)37-17-19-12-20(24(35)30-8-10-33-11-9-31-25(33)36)16-32(15-19)14-18-4-6-22(34)7-5-18/h1-7,13,19-20,34H,8-12,14-17H2,(H,30,35)(H,31,36)/t19-,20+/m0/s1. The Hall–Kier alpha value is -3.47. The summed E-state index contributed by atoms with van der Waals surface area (Å²) in [5.74, 6) is -0.248. The zero-order valence-corrected chi connectivity index (χ0v) is 20.3. The molecule has 11 heteroatoms. The van der Waals surface area contributed by atoms with E-state index in [1.165, 1.54) is 12.1 Å². The van der Waals surface area contributed by atoms with Gasteiger partial charge in [0.2, 0.25) is 5.91 Å². The molecule has 2 aliphatic heterocycles. The van der Waals surface area contributed by atoms with Crippen molar-refractivity contribution in [1.82, 2.24) is 20.4 Å². The second-order valence-electron chi connectivity index (χ2n) is 9.51. The Balaban J connectivity index is 1.38. The molecule has 4 rings (SSSR count). The Morgan fingerprint density at radius 3 is 2.65 bits per heavy atom. The first-order valence-corrected chi connectivity index (χ1v) is 12.3. The topological polar surface area (TPSA) is 94.1 Å². The number of urea groups is 1. The van der Waals surface area contributed by atoms with Crippen LogP contribution in [0.2, 0.25) is 0 Å². The summed E-state index contributed by atoms with van der Waals surface area (Å²) in [4.78, 5) is 28.5. The van der Waals surface area contributed by atoms with Crippen molar-refractivity contribution in [2.75, 3.05) is 45.9 Å². The Bertz CT molecular complexity index is 1080. The molecule has 3 N–H and O–H groups in total. The Morgan fingerprint density at radius 1 is 1.16 bits per heavy atom. The molecule has 2 heterocycles. The predicted octanol–water partition coefficient (Wildman–Crippen LogP) is 3.07. The molecule has 37 heavy (non-hydrogen) atoms. The van der Waals surface area contributed by atoms with Gasteiger partial charge in [-0.3, -0.25) is 9.69 Å². The number of hydrogen-bond acceptors (Lipinski definition) is 5. The molecule has 0 spiro atoms. The zero-order valence-electron chi connectivity index (χ0n) is 20.3. The van der Waals surface area contributed by atoms with Crippen LogP contribution in [0.15, 0.2) is 48.5 Å². The second-order valence-corrected chi connectivity index (χ2v) is 9.51. The minimum Gasteiger partial charge on any atom is -0.508 e. The third-order valence-corrected chi connectivity index (χ3v) is 6.60. The summed E-state index contributed by atoms with van der Waals surface area (Å²) >= 11 is 0. The smallest absolute Gasteiger partial charge is 0.416 e. The van der Waals surface area contributed by atoms with Gasteiger partial charge in [0.15, 0.2) is 0 Å². The van der Waals surface area contributed by atoms with Crippen LogP contribution in [0.25, 0.3) is 0 Å². The van der Waals surface area contributed by atoms with Crippen molar-refractivity contribution in [3.05, 3.63) is 59.7 Å². The number of carbonyl (C=O) groups is 2. The summed E-state index contributed by atoms with van der Waals surface area (Å²) in [6.45, 7) is 3.80. The summed E-state index contributed by atoms with van der Waals surface area (Å²) in [6, 6.07) is 11.5. The number of likely N-dealkylation sites (tertiary alicyclic amines) is 1. The van der Waals surface area contributed by atoms with Crippen LogP contribution in [0.4, 0.5) is 18.0 Å². The lowest BCUT2D eigenvalue weighted by Gasteiger charge is -2.37. The van der Waals surface area contributed by atoms with Gasteiger partial charge in [0.05, 0.1) is 18.1 Å². The molecule has 0 bridgehead atoms. The highest BCUT2D eigenvalue weighted by molar-refractivity contribution is 5.79. The van der Waals surface area contributed by atoms with Crippen LogP contribution in [0.3, 0.4) is 0 Å². The third-order valence-electron chi connectivity index (χ3n) is 6.60. The highest BCUT2D eigenvalue weighted by Crippen LogP contribution is 2.32. The maximum atomic E-state index is 13.1. The van der Waals surface area contributed by atoms with E-state index in [2.05, 4.69) is 15.5 Å². The molecule has 2 fully saturated rings. The SMILES string of the molecule is O=C(NCCN1CCNC1=O)[C@@H]1C[C@H](COc2cccc(C(F)(F)F)c2)CN(Cc2ccc(O)cc2)C1. The van der Waals surface area contributed by atoms with Gasteiger partial charge in [-0.15, -0.1) is 0 Å². The molecule has 0 aromatic heterocycles. The van der Waals surface area contributed by atoms with Crippen LogP contribution >= 0.6 is 0 Å². The van der Waals surface area contributed by atoms with Crippen LogP contribution in [0.5, 0.6) is 11.5 Å². The van der Waals surface area contributed by atoms with Crippen molar-refractivity contribution in [3.63, 3.8) is 0 Å². The molecule has 0 unspecified atom stereocenters. The normalized spacial score (nSPS) is 20.5. The van der Waals surface area contributed by atoms with Gasteiger partial charge >= 0.3 is 12.2 Å². The van der Waals surface area contributed by atoms with Crippen LogP contribution in [-0.4, -0.2) is 72.7 Å². The number of ether oxygens (including phenoxy) is 1. The molecule has 8 nitrogen and oxygen atoms in total. The molecule has 200 valence electrons. The monoisotopic (exact) mass is 520 g/mol. The summed E-state index contributed by atoms with van der Waals surface area (Å²) in [7, 11) is 0. The lowest BCUT2D eigenvalue weighted by molar-refractivity contribution is -0.137. The van der Waals surface area contributed by atoms with Crippen molar-refractivity contribution in [2.24, 2.45) is 11.8 Å². The molecule has 2 aromatic rings. The number of alkyl halides is 3. The van der Waals surface area contributed by atoms with Crippen LogP contribution in [0.1, 0.15) is 17.5 Å². The summed E-state index contributed by atoms with van der Waals surface area (Å²) in [5.41, 5.74) is 0.197. The van der Waals surface area contributed by atoms with E-state index in [-0.39, 0.29) is 41.9 Å². The fourth-order valence-electron chi connectivity index (χ4n) is 4.76. The molecule has 0 radical (unpaired) electrons. The first-order valence-electron chi connectivity index (χ1n) is 12.3. The number of aromatic hydroxyl groups is 1. The van der Waals surface area contributed by atoms with Gasteiger partial charge in [-0.1, -0.05) is 18.2 Å². The molecule has 0 saturated carbocycles. The van der Waals surface area contributed by atoms with E-state index in [1.54, 1.807) is 17.0 Å². The number of phenols is 1. The Kier molecular flexibility index (Phi) is 8.42. The number of halogens is 3. The van der Waals surface area contributed by atoms with Crippen LogP contribution < -0.4 is 15.4 Å². The Labute approximate surface area is 213 Å². The number of nitrogens with one attached hydrogen (secondary N) is 2. The van der Waals surface area contributed by atoms with Gasteiger partial charge in [-0.2, -0.15) is 13.2 Å². The molecule has 2 atom stereocenters. The van der Waals surface area contributed by atoms with Crippen molar-refractivity contribution in [2.45, 2.75) is 19.1 Å². The van der Waals surface area contributed by atoms with Crippen molar-refractivity contribution in [3.8, 4) is 11.5 Å². The minimum absolute atomic E-state index is 0.0829. The number of carbonyl (C=O) groups excluding carboxylic acids is 2. The first kappa shape index (κ1) is 26.6. The van der Waals surface area contributed by atoms with E-state index in [9.17, 15) is 27.9 Å². The number of amides is 3. The zero-order chi connectivity index (χ0) is 26.4. The molecular weight excluding hydrogens is 489 g/mol. The summed E-state index contributed by atoms with van der Waals surface area (Å²) in [5, 5.41) is 15.2. The van der Waals surface area contributed by atoms with Gasteiger partial charge in [0.25, 0.3) is 0 Å². The highest BCUT2D eigenvalue weighted by atomic mass is 19.4. The maximum Gasteiger partial charge on any atom is 0.416 e. The summed E-state index contributed by atoms with van der Waals surface area (Å²) in [6.07, 6.45) is -3.93. The average Bonchev–Trinajstić information content (AvgIpc) is 3.28. The maximum absolute atomic E-state index is 13.1. The molecule has 2 saturated heterocycles. The van der Waals surface area contributed by atoms with Gasteiger partial charge in [0, 0.05) is 51.7 Å². The lowest BCUT2D eigenvalue weighted by atomic mass is 9.88. The molecule has 2 aliphatic rings. The molecular formula is C26H31F3N4O4. The molecule has 3 amide bonds. The third kappa shape index (κ3) is 7.51. The number of hydrogen-bond donors (Lipinski definition) is 3. The highest BCUT2D eigenvalue weighted by Gasteiger charge is 2.33. The Morgan fingerprint density at radius 2 is 1.95 bits per heavy atom. The molecule has 0 aliphatic carbocycles. The van der Waals surface area contributed by atoms with Gasteiger partial charge < -0.3 is 25.4 Å². The largest absolute Gasteiger partial charge is 0.508 e.